The number of Topliss-reactive ketones (excluding diaryl/α,β-unsaturated/α-hetero) is 2. The molecule has 1 aliphatic heterocycles. The number of ketones is 2. The van der Waals surface area contributed by atoms with Crippen LogP contribution < -0.4 is 10.2 Å². The second-order valence-electron chi connectivity index (χ2n) is 11.9. The van der Waals surface area contributed by atoms with Crippen molar-refractivity contribution < 1.29 is 9.59 Å². The number of hydrogen-bond donors (Lipinski definition) is 2. The summed E-state index contributed by atoms with van der Waals surface area (Å²) in [5.41, 5.74) is 6.64. The molecular formula is C33H43N5O2. The SMILES string of the molecule is CCNc1cc(-c2ccnc(N3CCN(C(C)(C)C)CC3)c2)cc(C(=O)CCC2=C(C)C=C(C)CC2=O)c1C=N. The van der Waals surface area contributed by atoms with E-state index in [0.717, 1.165) is 65.5 Å². The van der Waals surface area contributed by atoms with E-state index in [1.54, 1.807) is 0 Å². The van der Waals surface area contributed by atoms with Crippen molar-refractivity contribution in [3.63, 3.8) is 0 Å². The third-order valence-corrected chi connectivity index (χ3v) is 7.94. The maximum atomic E-state index is 13.6. The third kappa shape index (κ3) is 6.58. The van der Waals surface area contributed by atoms with E-state index in [1.165, 1.54) is 6.21 Å². The predicted molar refractivity (Wildman–Crippen MR) is 165 cm³/mol. The molecule has 212 valence electrons. The molecule has 2 heterocycles. The molecule has 0 radical (unpaired) electrons. The van der Waals surface area contributed by atoms with Gasteiger partial charge in [-0.05, 0) is 94.5 Å². The molecule has 1 aliphatic carbocycles. The molecule has 0 amide bonds. The molecule has 7 nitrogen and oxygen atoms in total. The largest absolute Gasteiger partial charge is 0.385 e. The van der Waals surface area contributed by atoms with Crippen LogP contribution in [0.15, 0.2) is 53.3 Å². The Balaban J connectivity index is 1.62. The van der Waals surface area contributed by atoms with E-state index in [1.807, 2.05) is 51.2 Å². The number of piperazine rings is 1. The number of nitrogens with one attached hydrogen (secondary N) is 2. The summed E-state index contributed by atoms with van der Waals surface area (Å²) in [4.78, 5) is 35.7. The Kier molecular flexibility index (Phi) is 9.04. The molecule has 7 heteroatoms. The number of rotatable bonds is 9. The standard InChI is InChI=1S/C33H43N5O2/c1-7-35-29-19-25(24-10-11-36-32(20-24)37-12-14-38(15-13-37)33(4,5)6)18-27(28(29)21-34)30(39)9-8-26-23(3)16-22(2)17-31(26)40/h10-11,16,18-21,34-35H,7-9,12-15,17H2,1-6H3. The topological polar surface area (TPSA) is 89.4 Å². The Bertz CT molecular complexity index is 1360. The van der Waals surface area contributed by atoms with Gasteiger partial charge in [-0.3, -0.25) is 14.5 Å². The van der Waals surface area contributed by atoms with Gasteiger partial charge in [0.15, 0.2) is 11.6 Å². The van der Waals surface area contributed by atoms with Gasteiger partial charge in [0.05, 0.1) is 0 Å². The summed E-state index contributed by atoms with van der Waals surface area (Å²) in [5.74, 6) is 0.973. The number of carbonyl (C=O) groups excluding carboxylic acids is 2. The smallest absolute Gasteiger partial charge is 0.163 e. The molecule has 0 bridgehead atoms. The number of nitrogens with zero attached hydrogens (tertiary/aromatic N) is 3. The van der Waals surface area contributed by atoms with Crippen LogP contribution in [0.5, 0.6) is 0 Å². The monoisotopic (exact) mass is 541 g/mol. The Hall–Kier alpha value is -3.58. The second kappa shape index (κ2) is 12.3. The van der Waals surface area contributed by atoms with Gasteiger partial charge < -0.3 is 15.6 Å². The average molecular weight is 542 g/mol. The van der Waals surface area contributed by atoms with Crippen LogP contribution >= 0.6 is 0 Å². The first-order valence-corrected chi connectivity index (χ1v) is 14.3. The first-order valence-electron chi connectivity index (χ1n) is 14.3. The molecule has 0 unspecified atom stereocenters. The van der Waals surface area contributed by atoms with Gasteiger partial charge in [-0.1, -0.05) is 11.6 Å². The Morgan fingerprint density at radius 1 is 1.10 bits per heavy atom. The first kappa shape index (κ1) is 29.4. The lowest BCUT2D eigenvalue weighted by Crippen LogP contribution is -2.53. The van der Waals surface area contributed by atoms with E-state index in [9.17, 15) is 9.59 Å². The first-order chi connectivity index (χ1) is 19.0. The van der Waals surface area contributed by atoms with Crippen molar-refractivity contribution in [1.29, 1.82) is 5.41 Å². The molecule has 40 heavy (non-hydrogen) atoms. The lowest BCUT2D eigenvalue weighted by Gasteiger charge is -2.42. The van der Waals surface area contributed by atoms with Crippen LogP contribution in [0.4, 0.5) is 11.5 Å². The van der Waals surface area contributed by atoms with Crippen LogP contribution in [-0.4, -0.2) is 65.9 Å². The van der Waals surface area contributed by atoms with Crippen molar-refractivity contribution in [2.45, 2.75) is 66.3 Å². The zero-order chi connectivity index (χ0) is 29.0. The molecule has 1 saturated heterocycles. The van der Waals surface area contributed by atoms with Crippen molar-refractivity contribution in [3.8, 4) is 11.1 Å². The maximum absolute atomic E-state index is 13.6. The van der Waals surface area contributed by atoms with Gasteiger partial charge in [0, 0.05) is 80.3 Å². The van der Waals surface area contributed by atoms with Gasteiger partial charge in [0.25, 0.3) is 0 Å². The summed E-state index contributed by atoms with van der Waals surface area (Å²) >= 11 is 0. The molecule has 1 fully saturated rings. The van der Waals surface area contributed by atoms with E-state index in [-0.39, 0.29) is 23.5 Å². The molecule has 0 spiro atoms. The zero-order valence-electron chi connectivity index (χ0n) is 24.9. The van der Waals surface area contributed by atoms with E-state index in [4.69, 9.17) is 5.41 Å². The molecule has 2 aliphatic rings. The lowest BCUT2D eigenvalue weighted by molar-refractivity contribution is -0.115. The van der Waals surface area contributed by atoms with Crippen LogP contribution in [0.1, 0.15) is 76.7 Å². The van der Waals surface area contributed by atoms with Crippen molar-refractivity contribution in [3.05, 3.63) is 64.4 Å². The van der Waals surface area contributed by atoms with Gasteiger partial charge in [-0.25, -0.2) is 4.98 Å². The number of benzene rings is 1. The number of allylic oxidation sites excluding steroid dienone is 4. The van der Waals surface area contributed by atoms with Gasteiger partial charge >= 0.3 is 0 Å². The minimum atomic E-state index is -0.0635. The number of pyridine rings is 1. The molecule has 2 N–H and O–H groups in total. The highest BCUT2D eigenvalue weighted by molar-refractivity contribution is 6.08. The molecule has 2 aromatic rings. The van der Waals surface area contributed by atoms with Crippen LogP contribution in [0, 0.1) is 5.41 Å². The molecule has 0 atom stereocenters. The van der Waals surface area contributed by atoms with E-state index >= 15 is 0 Å². The van der Waals surface area contributed by atoms with Crippen molar-refractivity contribution in [1.82, 2.24) is 9.88 Å². The van der Waals surface area contributed by atoms with E-state index < -0.39 is 0 Å². The highest BCUT2D eigenvalue weighted by atomic mass is 16.1. The van der Waals surface area contributed by atoms with E-state index in [2.05, 4.69) is 46.9 Å². The van der Waals surface area contributed by atoms with Gasteiger partial charge in [-0.15, -0.1) is 0 Å². The molecule has 1 aromatic heterocycles. The van der Waals surface area contributed by atoms with Gasteiger partial charge in [0.1, 0.15) is 5.82 Å². The zero-order valence-corrected chi connectivity index (χ0v) is 24.9. The fourth-order valence-corrected chi connectivity index (χ4v) is 5.72. The number of carbonyl (C=O) groups is 2. The number of anilines is 2. The maximum Gasteiger partial charge on any atom is 0.163 e. The Labute approximate surface area is 238 Å². The van der Waals surface area contributed by atoms with Gasteiger partial charge in [-0.2, -0.15) is 0 Å². The summed E-state index contributed by atoms with van der Waals surface area (Å²) in [7, 11) is 0. The lowest BCUT2D eigenvalue weighted by atomic mass is 9.88. The molecule has 0 saturated carbocycles. The van der Waals surface area contributed by atoms with Crippen LogP contribution in [0.3, 0.4) is 0 Å². The average Bonchev–Trinajstić information content (AvgIpc) is 2.91. The highest BCUT2D eigenvalue weighted by Gasteiger charge is 2.27. The van der Waals surface area contributed by atoms with Crippen LogP contribution in [-0.2, 0) is 4.79 Å². The number of hydrogen-bond acceptors (Lipinski definition) is 7. The predicted octanol–water partition coefficient (Wildman–Crippen LogP) is 6.30. The summed E-state index contributed by atoms with van der Waals surface area (Å²) in [5, 5.41) is 11.5. The van der Waals surface area contributed by atoms with Crippen LogP contribution in [0.2, 0.25) is 0 Å². The second-order valence-corrected chi connectivity index (χ2v) is 11.9. The fraction of sp³-hybridized carbons (Fsp3) is 0.455. The highest BCUT2D eigenvalue weighted by Crippen LogP contribution is 2.32. The van der Waals surface area contributed by atoms with Crippen molar-refractivity contribution in [2.24, 2.45) is 0 Å². The fourth-order valence-electron chi connectivity index (χ4n) is 5.72. The quantitative estimate of drug-likeness (QED) is 0.286. The molecule has 1 aromatic carbocycles. The molecule has 4 rings (SSSR count). The Morgan fingerprint density at radius 2 is 1.82 bits per heavy atom. The van der Waals surface area contributed by atoms with Gasteiger partial charge in [0.2, 0.25) is 0 Å². The summed E-state index contributed by atoms with van der Waals surface area (Å²) < 4.78 is 0. The Morgan fingerprint density at radius 3 is 2.45 bits per heavy atom. The third-order valence-electron chi connectivity index (χ3n) is 7.94. The molecular weight excluding hydrogens is 498 g/mol. The minimum Gasteiger partial charge on any atom is -0.385 e. The normalized spacial score (nSPS) is 16.7. The van der Waals surface area contributed by atoms with Crippen molar-refractivity contribution in [2.75, 3.05) is 42.9 Å². The summed E-state index contributed by atoms with van der Waals surface area (Å²) in [6.45, 7) is 17.1. The summed E-state index contributed by atoms with van der Waals surface area (Å²) in [6, 6.07) is 7.98. The minimum absolute atomic E-state index is 0.0635. The van der Waals surface area contributed by atoms with Crippen LogP contribution in [0.25, 0.3) is 11.1 Å². The number of aromatic nitrogens is 1. The van der Waals surface area contributed by atoms with E-state index in [0.29, 0.717) is 30.5 Å². The van der Waals surface area contributed by atoms with Crippen molar-refractivity contribution >= 4 is 29.3 Å². The summed E-state index contributed by atoms with van der Waals surface area (Å²) in [6.07, 6.45) is 6.18.